The van der Waals surface area contributed by atoms with Crippen LogP contribution in [0.2, 0.25) is 0 Å². The Morgan fingerprint density at radius 2 is 2.00 bits per heavy atom. The van der Waals surface area contributed by atoms with Gasteiger partial charge in [-0.15, -0.1) is 0 Å². The van der Waals surface area contributed by atoms with E-state index in [4.69, 9.17) is 0 Å². The number of rotatable bonds is 5. The molecule has 3 heteroatoms. The van der Waals surface area contributed by atoms with E-state index >= 15 is 0 Å². The predicted molar refractivity (Wildman–Crippen MR) is 78.1 cm³/mol. The summed E-state index contributed by atoms with van der Waals surface area (Å²) in [7, 11) is 6.21. The molecule has 0 radical (unpaired) electrons. The Labute approximate surface area is 111 Å². The second-order valence-corrected chi connectivity index (χ2v) is 5.51. The summed E-state index contributed by atoms with van der Waals surface area (Å²) in [5.74, 6) is 0.830. The van der Waals surface area contributed by atoms with Gasteiger partial charge >= 0.3 is 0 Å². The van der Waals surface area contributed by atoms with Crippen LogP contribution in [-0.2, 0) is 6.54 Å². The fraction of sp³-hybridized carbons (Fsp3) is 0.600. The van der Waals surface area contributed by atoms with Crippen LogP contribution < -0.4 is 10.2 Å². The average molecular weight is 247 g/mol. The third-order valence-electron chi connectivity index (χ3n) is 3.72. The van der Waals surface area contributed by atoms with Crippen molar-refractivity contribution in [3.63, 3.8) is 0 Å². The number of hydrogen-bond acceptors (Lipinski definition) is 3. The Hall–Kier alpha value is -1.06. The first-order valence-corrected chi connectivity index (χ1v) is 6.82. The van der Waals surface area contributed by atoms with E-state index in [1.165, 1.54) is 30.8 Å². The van der Waals surface area contributed by atoms with Crippen LogP contribution in [0.1, 0.15) is 12.0 Å². The zero-order valence-corrected chi connectivity index (χ0v) is 11.8. The van der Waals surface area contributed by atoms with Gasteiger partial charge in [-0.1, -0.05) is 12.1 Å². The van der Waals surface area contributed by atoms with Crippen molar-refractivity contribution in [1.82, 2.24) is 10.2 Å². The first-order chi connectivity index (χ1) is 8.69. The summed E-state index contributed by atoms with van der Waals surface area (Å²) in [4.78, 5) is 4.70. The maximum absolute atomic E-state index is 3.28. The van der Waals surface area contributed by atoms with E-state index in [0.717, 1.165) is 19.0 Å². The number of hydrogen-bond donors (Lipinski definition) is 1. The molecule has 1 aliphatic rings. The molecule has 3 nitrogen and oxygen atoms in total. The molecule has 100 valence electrons. The van der Waals surface area contributed by atoms with E-state index in [1.807, 2.05) is 7.05 Å². The molecule has 1 atom stereocenters. The van der Waals surface area contributed by atoms with E-state index in [-0.39, 0.29) is 0 Å². The molecule has 1 aromatic rings. The van der Waals surface area contributed by atoms with Gasteiger partial charge in [-0.05, 0) is 50.2 Å². The highest BCUT2D eigenvalue weighted by atomic mass is 15.1. The molecule has 1 heterocycles. The molecule has 0 amide bonds. The quantitative estimate of drug-likeness (QED) is 0.856. The third kappa shape index (κ3) is 3.47. The number of nitrogens with one attached hydrogen (secondary N) is 1. The number of benzene rings is 1. The monoisotopic (exact) mass is 247 g/mol. The van der Waals surface area contributed by atoms with E-state index in [2.05, 4.69) is 53.5 Å². The summed E-state index contributed by atoms with van der Waals surface area (Å²) in [5, 5.41) is 3.28. The molecule has 1 aliphatic heterocycles. The topological polar surface area (TPSA) is 18.5 Å². The second-order valence-electron chi connectivity index (χ2n) is 5.51. The lowest BCUT2D eigenvalue weighted by atomic mass is 10.1. The summed E-state index contributed by atoms with van der Waals surface area (Å²) in [6.45, 7) is 4.71. The van der Waals surface area contributed by atoms with Gasteiger partial charge in [-0.25, -0.2) is 0 Å². The van der Waals surface area contributed by atoms with Crippen LogP contribution in [0.3, 0.4) is 0 Å². The van der Waals surface area contributed by atoms with Gasteiger partial charge in [-0.2, -0.15) is 0 Å². The minimum absolute atomic E-state index is 0.830. The van der Waals surface area contributed by atoms with E-state index < -0.39 is 0 Å². The average Bonchev–Trinajstić information content (AvgIpc) is 2.78. The summed E-state index contributed by atoms with van der Waals surface area (Å²) in [5.41, 5.74) is 2.69. The lowest BCUT2D eigenvalue weighted by Gasteiger charge is -2.17. The molecule has 1 aromatic carbocycles. The van der Waals surface area contributed by atoms with Crippen molar-refractivity contribution in [3.8, 4) is 0 Å². The van der Waals surface area contributed by atoms with Gasteiger partial charge < -0.3 is 10.2 Å². The largest absolute Gasteiger partial charge is 0.378 e. The molecule has 1 fully saturated rings. The molecule has 1 N–H and O–H groups in total. The van der Waals surface area contributed by atoms with Crippen LogP contribution in [-0.4, -0.2) is 45.7 Å². The molecule has 1 unspecified atom stereocenters. The Balaban J connectivity index is 1.86. The number of anilines is 1. The lowest BCUT2D eigenvalue weighted by Crippen LogP contribution is -2.24. The third-order valence-corrected chi connectivity index (χ3v) is 3.72. The Bertz CT molecular complexity index is 359. The van der Waals surface area contributed by atoms with Crippen molar-refractivity contribution >= 4 is 5.69 Å². The minimum Gasteiger partial charge on any atom is -0.378 e. The molecule has 0 bridgehead atoms. The summed E-state index contributed by atoms with van der Waals surface area (Å²) < 4.78 is 0. The fourth-order valence-corrected chi connectivity index (χ4v) is 2.67. The maximum Gasteiger partial charge on any atom is 0.0361 e. The van der Waals surface area contributed by atoms with Crippen LogP contribution in [0, 0.1) is 5.92 Å². The maximum atomic E-state index is 3.28. The highest BCUT2D eigenvalue weighted by molar-refractivity contribution is 5.45. The van der Waals surface area contributed by atoms with Crippen molar-refractivity contribution in [2.45, 2.75) is 13.0 Å². The normalized spacial score (nSPS) is 20.3. The molecular formula is C15H25N3. The molecular weight excluding hydrogens is 222 g/mol. The van der Waals surface area contributed by atoms with Gasteiger partial charge in [0.25, 0.3) is 0 Å². The van der Waals surface area contributed by atoms with Crippen molar-refractivity contribution in [2.24, 2.45) is 5.92 Å². The predicted octanol–water partition coefficient (Wildman–Crippen LogP) is 1.79. The second kappa shape index (κ2) is 6.21. The van der Waals surface area contributed by atoms with Crippen molar-refractivity contribution in [1.29, 1.82) is 0 Å². The van der Waals surface area contributed by atoms with E-state index in [1.54, 1.807) is 0 Å². The Kier molecular flexibility index (Phi) is 4.61. The SMILES string of the molecule is CNCC1CCN(Cc2ccc(N(C)C)cc2)C1. The molecule has 0 aliphatic carbocycles. The van der Waals surface area contributed by atoms with E-state index in [0.29, 0.717) is 0 Å². The smallest absolute Gasteiger partial charge is 0.0361 e. The molecule has 0 saturated carbocycles. The van der Waals surface area contributed by atoms with Crippen molar-refractivity contribution in [2.75, 3.05) is 45.7 Å². The highest BCUT2D eigenvalue weighted by Gasteiger charge is 2.21. The van der Waals surface area contributed by atoms with E-state index in [9.17, 15) is 0 Å². The zero-order valence-electron chi connectivity index (χ0n) is 11.8. The summed E-state index contributed by atoms with van der Waals surface area (Å²) in [6, 6.07) is 8.91. The van der Waals surface area contributed by atoms with Crippen LogP contribution in [0.15, 0.2) is 24.3 Å². The Morgan fingerprint density at radius 1 is 1.28 bits per heavy atom. The first-order valence-electron chi connectivity index (χ1n) is 6.82. The summed E-state index contributed by atoms with van der Waals surface area (Å²) in [6.07, 6.45) is 1.33. The van der Waals surface area contributed by atoms with Crippen molar-refractivity contribution < 1.29 is 0 Å². The number of likely N-dealkylation sites (tertiary alicyclic amines) is 1. The number of nitrogens with zero attached hydrogens (tertiary/aromatic N) is 2. The van der Waals surface area contributed by atoms with Gasteiger partial charge in [0.15, 0.2) is 0 Å². The van der Waals surface area contributed by atoms with Crippen LogP contribution in [0.25, 0.3) is 0 Å². The fourth-order valence-electron chi connectivity index (χ4n) is 2.67. The van der Waals surface area contributed by atoms with Gasteiger partial charge in [0.1, 0.15) is 0 Å². The van der Waals surface area contributed by atoms with Gasteiger partial charge in [-0.3, -0.25) is 4.90 Å². The van der Waals surface area contributed by atoms with Crippen LogP contribution in [0.5, 0.6) is 0 Å². The lowest BCUT2D eigenvalue weighted by molar-refractivity contribution is 0.315. The zero-order chi connectivity index (χ0) is 13.0. The van der Waals surface area contributed by atoms with Crippen LogP contribution in [0.4, 0.5) is 5.69 Å². The molecule has 0 aromatic heterocycles. The summed E-state index contributed by atoms with van der Waals surface area (Å²) >= 11 is 0. The first kappa shape index (κ1) is 13.4. The van der Waals surface area contributed by atoms with Gasteiger partial charge in [0.05, 0.1) is 0 Å². The van der Waals surface area contributed by atoms with Gasteiger partial charge in [0, 0.05) is 32.9 Å². The highest BCUT2D eigenvalue weighted by Crippen LogP contribution is 2.19. The van der Waals surface area contributed by atoms with Gasteiger partial charge in [0.2, 0.25) is 0 Å². The standard InChI is InChI=1S/C15H25N3/c1-16-10-14-8-9-18(12-14)11-13-4-6-15(7-5-13)17(2)3/h4-7,14,16H,8-12H2,1-3H3. The Morgan fingerprint density at radius 3 is 2.61 bits per heavy atom. The molecule has 18 heavy (non-hydrogen) atoms. The van der Waals surface area contributed by atoms with Crippen molar-refractivity contribution in [3.05, 3.63) is 29.8 Å². The minimum atomic E-state index is 0.830. The van der Waals surface area contributed by atoms with Crippen LogP contribution >= 0.6 is 0 Å². The molecule has 1 saturated heterocycles. The molecule has 2 rings (SSSR count). The molecule has 0 spiro atoms.